The number of carbonyl (C=O) groups is 1. The van der Waals surface area contributed by atoms with Gasteiger partial charge >= 0.3 is 0 Å². The summed E-state index contributed by atoms with van der Waals surface area (Å²) >= 11 is 0. The topological polar surface area (TPSA) is 94.1 Å². The molecule has 0 radical (unpaired) electrons. The van der Waals surface area contributed by atoms with Crippen LogP contribution in [0.2, 0.25) is 0 Å². The number of nitrogens with zero attached hydrogens (tertiary/aromatic N) is 3. The zero-order chi connectivity index (χ0) is 19.9. The Balaban J connectivity index is 2.09. The third-order valence-corrected chi connectivity index (χ3v) is 6.26. The van der Waals surface area contributed by atoms with Gasteiger partial charge in [-0.3, -0.25) is 4.79 Å². The molecule has 2 rings (SSSR count). The molecule has 8 nitrogen and oxygen atoms in total. The average Bonchev–Trinajstić information content (AvgIpc) is 3.18. The summed E-state index contributed by atoms with van der Waals surface area (Å²) in [4.78, 5) is 18.7. The molecular formula is C18H29N5O3S. The molecule has 0 aromatic heterocycles. The van der Waals surface area contributed by atoms with Crippen LogP contribution in [-0.2, 0) is 21.4 Å². The third kappa shape index (κ3) is 5.67. The standard InChI is InChI=1S/C18H29N5O3S/c1-4-19-18(21-14-17(24)23-11-7-8-12-23)20-13-15-9-5-6-10-16(15)27(25,26)22(2)3/h5-6,9-10H,4,7-8,11-14H2,1-3H3,(H2,19,20,21). The van der Waals surface area contributed by atoms with Crippen molar-refractivity contribution in [3.8, 4) is 0 Å². The number of likely N-dealkylation sites (tertiary alicyclic amines) is 1. The molecule has 1 aromatic carbocycles. The lowest BCUT2D eigenvalue weighted by atomic mass is 10.2. The van der Waals surface area contributed by atoms with Crippen LogP contribution in [-0.4, -0.2) is 69.8 Å². The summed E-state index contributed by atoms with van der Waals surface area (Å²) in [6.45, 7) is 4.55. The minimum absolute atomic E-state index is 0.0497. The zero-order valence-corrected chi connectivity index (χ0v) is 17.1. The molecule has 0 bridgehead atoms. The van der Waals surface area contributed by atoms with Crippen LogP contribution < -0.4 is 10.6 Å². The van der Waals surface area contributed by atoms with Crippen LogP contribution >= 0.6 is 0 Å². The van der Waals surface area contributed by atoms with E-state index in [9.17, 15) is 13.2 Å². The number of benzene rings is 1. The van der Waals surface area contributed by atoms with Crippen molar-refractivity contribution in [3.63, 3.8) is 0 Å². The molecule has 150 valence electrons. The van der Waals surface area contributed by atoms with Crippen molar-refractivity contribution >= 4 is 21.9 Å². The van der Waals surface area contributed by atoms with E-state index in [1.807, 2.05) is 11.8 Å². The maximum absolute atomic E-state index is 12.5. The fraction of sp³-hybridized carbons (Fsp3) is 0.556. The second-order valence-corrected chi connectivity index (χ2v) is 8.65. The Morgan fingerprint density at radius 2 is 1.85 bits per heavy atom. The van der Waals surface area contributed by atoms with Gasteiger partial charge in [-0.25, -0.2) is 17.7 Å². The molecule has 1 aliphatic heterocycles. The van der Waals surface area contributed by atoms with Gasteiger partial charge in [-0.1, -0.05) is 18.2 Å². The van der Waals surface area contributed by atoms with Crippen molar-refractivity contribution in [3.05, 3.63) is 29.8 Å². The Labute approximate surface area is 161 Å². The van der Waals surface area contributed by atoms with E-state index in [0.717, 1.165) is 25.9 Å². The van der Waals surface area contributed by atoms with Gasteiger partial charge in [0.25, 0.3) is 0 Å². The number of guanidine groups is 1. The molecule has 1 heterocycles. The average molecular weight is 396 g/mol. The first-order valence-corrected chi connectivity index (χ1v) is 10.6. The Hall–Kier alpha value is -2.13. The zero-order valence-electron chi connectivity index (χ0n) is 16.2. The van der Waals surface area contributed by atoms with Gasteiger partial charge < -0.3 is 15.5 Å². The van der Waals surface area contributed by atoms with E-state index in [0.29, 0.717) is 18.1 Å². The summed E-state index contributed by atoms with van der Waals surface area (Å²) in [6.07, 6.45) is 2.11. The first-order valence-electron chi connectivity index (χ1n) is 9.16. The summed E-state index contributed by atoms with van der Waals surface area (Å²) in [5.74, 6) is 0.538. The minimum atomic E-state index is -3.54. The molecule has 1 amide bonds. The van der Waals surface area contributed by atoms with Gasteiger partial charge in [-0.15, -0.1) is 0 Å². The van der Waals surface area contributed by atoms with Crippen molar-refractivity contribution in [1.82, 2.24) is 19.8 Å². The highest BCUT2D eigenvalue weighted by molar-refractivity contribution is 7.89. The number of rotatable bonds is 7. The Morgan fingerprint density at radius 3 is 2.48 bits per heavy atom. The molecule has 0 saturated carbocycles. The quantitative estimate of drug-likeness (QED) is 0.521. The Bertz CT molecular complexity index is 771. The van der Waals surface area contributed by atoms with Crippen LogP contribution in [0.4, 0.5) is 0 Å². The fourth-order valence-electron chi connectivity index (χ4n) is 2.83. The van der Waals surface area contributed by atoms with E-state index in [1.165, 1.54) is 18.4 Å². The second-order valence-electron chi connectivity index (χ2n) is 6.53. The number of hydrogen-bond acceptors (Lipinski definition) is 4. The van der Waals surface area contributed by atoms with Crippen molar-refractivity contribution < 1.29 is 13.2 Å². The molecule has 1 fully saturated rings. The molecule has 1 aromatic rings. The number of aliphatic imine (C=N–C) groups is 1. The van der Waals surface area contributed by atoms with E-state index in [2.05, 4.69) is 15.6 Å². The normalized spacial score (nSPS) is 15.3. The van der Waals surface area contributed by atoms with Gasteiger partial charge in [-0.2, -0.15) is 0 Å². The molecule has 2 N–H and O–H groups in total. The Kier molecular flexibility index (Phi) is 7.61. The number of hydrogen-bond donors (Lipinski definition) is 2. The largest absolute Gasteiger partial charge is 0.357 e. The summed E-state index contributed by atoms with van der Waals surface area (Å²) in [5, 5.41) is 6.12. The van der Waals surface area contributed by atoms with E-state index in [1.54, 1.807) is 24.3 Å². The maximum atomic E-state index is 12.5. The molecule has 27 heavy (non-hydrogen) atoms. The monoisotopic (exact) mass is 395 g/mol. The minimum Gasteiger partial charge on any atom is -0.357 e. The van der Waals surface area contributed by atoms with Crippen LogP contribution in [0.15, 0.2) is 34.2 Å². The molecule has 1 aliphatic rings. The SMILES string of the molecule is CCNC(=NCc1ccccc1S(=O)(=O)N(C)C)NCC(=O)N1CCCC1. The van der Waals surface area contributed by atoms with Crippen molar-refractivity contribution in [2.75, 3.05) is 40.3 Å². The molecule has 0 unspecified atom stereocenters. The van der Waals surface area contributed by atoms with Crippen molar-refractivity contribution in [2.24, 2.45) is 4.99 Å². The third-order valence-electron chi connectivity index (χ3n) is 4.35. The molecular weight excluding hydrogens is 366 g/mol. The highest BCUT2D eigenvalue weighted by Crippen LogP contribution is 2.19. The van der Waals surface area contributed by atoms with Crippen LogP contribution in [0, 0.1) is 0 Å². The summed E-state index contributed by atoms with van der Waals surface area (Å²) in [6, 6.07) is 6.81. The number of amides is 1. The van der Waals surface area contributed by atoms with Gasteiger partial charge in [0, 0.05) is 33.7 Å². The predicted molar refractivity (Wildman–Crippen MR) is 106 cm³/mol. The van der Waals surface area contributed by atoms with Gasteiger partial charge in [-0.05, 0) is 31.4 Å². The number of sulfonamides is 1. The lowest BCUT2D eigenvalue weighted by molar-refractivity contribution is -0.128. The first kappa shape index (κ1) is 21.2. The Morgan fingerprint density at radius 1 is 1.19 bits per heavy atom. The summed E-state index contributed by atoms with van der Waals surface area (Å²) in [5.41, 5.74) is 0.606. The van der Waals surface area contributed by atoms with Gasteiger partial charge in [0.15, 0.2) is 5.96 Å². The smallest absolute Gasteiger partial charge is 0.242 e. The van der Waals surface area contributed by atoms with Gasteiger partial charge in [0.2, 0.25) is 15.9 Å². The molecule has 0 aliphatic carbocycles. The van der Waals surface area contributed by atoms with E-state index in [-0.39, 0.29) is 23.9 Å². The first-order chi connectivity index (χ1) is 12.9. The molecule has 9 heteroatoms. The van der Waals surface area contributed by atoms with Crippen molar-refractivity contribution in [1.29, 1.82) is 0 Å². The van der Waals surface area contributed by atoms with Crippen LogP contribution in [0.1, 0.15) is 25.3 Å². The molecule has 1 saturated heterocycles. The lowest BCUT2D eigenvalue weighted by Gasteiger charge is -2.17. The second kappa shape index (κ2) is 9.70. The highest BCUT2D eigenvalue weighted by Gasteiger charge is 2.21. The van der Waals surface area contributed by atoms with Gasteiger partial charge in [0.05, 0.1) is 18.0 Å². The fourth-order valence-corrected chi connectivity index (χ4v) is 3.93. The van der Waals surface area contributed by atoms with E-state index >= 15 is 0 Å². The van der Waals surface area contributed by atoms with Crippen LogP contribution in [0.25, 0.3) is 0 Å². The lowest BCUT2D eigenvalue weighted by Crippen LogP contribution is -2.44. The highest BCUT2D eigenvalue weighted by atomic mass is 32.2. The number of carbonyl (C=O) groups excluding carboxylic acids is 1. The van der Waals surface area contributed by atoms with Crippen LogP contribution in [0.3, 0.4) is 0 Å². The summed E-state index contributed by atoms with van der Waals surface area (Å²) < 4.78 is 26.2. The van der Waals surface area contributed by atoms with E-state index < -0.39 is 10.0 Å². The van der Waals surface area contributed by atoms with Crippen LogP contribution in [0.5, 0.6) is 0 Å². The molecule has 0 atom stereocenters. The van der Waals surface area contributed by atoms with Gasteiger partial charge in [0.1, 0.15) is 0 Å². The number of nitrogens with one attached hydrogen (secondary N) is 2. The van der Waals surface area contributed by atoms with Crippen molar-refractivity contribution in [2.45, 2.75) is 31.2 Å². The maximum Gasteiger partial charge on any atom is 0.242 e. The molecule has 0 spiro atoms. The predicted octanol–water partition coefficient (Wildman–Crippen LogP) is 0.614. The van der Waals surface area contributed by atoms with E-state index in [4.69, 9.17) is 0 Å². The summed E-state index contributed by atoms with van der Waals surface area (Å²) in [7, 11) is -0.532.